The number of carbonyl (C=O) groups is 1. The highest BCUT2D eigenvalue weighted by molar-refractivity contribution is 7.91. The first-order chi connectivity index (χ1) is 12.0. The second-order valence-corrected chi connectivity index (χ2v) is 9.43. The monoisotopic (exact) mass is 392 g/mol. The van der Waals surface area contributed by atoms with Crippen molar-refractivity contribution in [2.24, 2.45) is 0 Å². The zero-order valence-corrected chi connectivity index (χ0v) is 15.8. The predicted octanol–water partition coefficient (Wildman–Crippen LogP) is 3.74. The van der Waals surface area contributed by atoms with Gasteiger partial charge in [-0.2, -0.15) is 4.31 Å². The zero-order valence-electron chi connectivity index (χ0n) is 13.4. The number of anilines is 1. The molecular formula is C17H16N2O3S3. The van der Waals surface area contributed by atoms with Crippen LogP contribution in [-0.2, 0) is 14.8 Å². The number of nitrogens with one attached hydrogen (secondary N) is 1. The Bertz CT molecular complexity index is 949. The lowest BCUT2D eigenvalue weighted by Crippen LogP contribution is -2.34. The van der Waals surface area contributed by atoms with Crippen LogP contribution in [0.15, 0.2) is 63.5 Å². The third-order valence-corrected chi connectivity index (χ3v) is 7.59. The summed E-state index contributed by atoms with van der Waals surface area (Å²) in [6, 6.07) is 14.6. The van der Waals surface area contributed by atoms with E-state index in [0.717, 1.165) is 26.1 Å². The van der Waals surface area contributed by atoms with Crippen LogP contribution in [0.1, 0.15) is 0 Å². The van der Waals surface area contributed by atoms with E-state index in [2.05, 4.69) is 5.32 Å². The minimum Gasteiger partial charge on any atom is -0.324 e. The van der Waals surface area contributed by atoms with Crippen LogP contribution >= 0.6 is 22.7 Å². The van der Waals surface area contributed by atoms with Crippen molar-refractivity contribution < 1.29 is 13.2 Å². The fourth-order valence-electron chi connectivity index (χ4n) is 2.28. The van der Waals surface area contributed by atoms with Crippen molar-refractivity contribution in [2.75, 3.05) is 18.9 Å². The number of sulfonamides is 1. The number of thiophene rings is 2. The number of hydrogen-bond donors (Lipinski definition) is 1. The Hall–Kier alpha value is -2.00. The Morgan fingerprint density at radius 3 is 2.44 bits per heavy atom. The maximum Gasteiger partial charge on any atom is 0.252 e. The third kappa shape index (κ3) is 3.98. The first-order valence-corrected chi connectivity index (χ1v) is 10.6. The Morgan fingerprint density at radius 1 is 1.04 bits per heavy atom. The van der Waals surface area contributed by atoms with E-state index in [9.17, 15) is 13.2 Å². The first-order valence-electron chi connectivity index (χ1n) is 7.41. The number of benzene rings is 1. The van der Waals surface area contributed by atoms with Gasteiger partial charge in [0.1, 0.15) is 4.21 Å². The molecule has 0 fully saturated rings. The molecule has 0 aliphatic carbocycles. The summed E-state index contributed by atoms with van der Waals surface area (Å²) in [5.41, 5.74) is 1.58. The molecule has 1 amide bonds. The zero-order chi connectivity index (χ0) is 17.9. The van der Waals surface area contributed by atoms with E-state index < -0.39 is 10.0 Å². The van der Waals surface area contributed by atoms with Crippen LogP contribution in [0.2, 0.25) is 0 Å². The molecule has 0 spiro atoms. The fourth-order valence-corrected chi connectivity index (χ4v) is 5.37. The molecule has 3 rings (SSSR count). The van der Waals surface area contributed by atoms with Crippen molar-refractivity contribution in [3.05, 3.63) is 59.3 Å². The molecule has 25 heavy (non-hydrogen) atoms. The largest absolute Gasteiger partial charge is 0.324 e. The molecule has 0 radical (unpaired) electrons. The molecule has 0 aliphatic heterocycles. The van der Waals surface area contributed by atoms with E-state index in [-0.39, 0.29) is 16.7 Å². The van der Waals surface area contributed by atoms with Crippen molar-refractivity contribution in [1.82, 2.24) is 4.31 Å². The molecule has 8 heteroatoms. The van der Waals surface area contributed by atoms with E-state index in [1.165, 1.54) is 13.1 Å². The Balaban J connectivity index is 1.74. The molecule has 0 atom stereocenters. The van der Waals surface area contributed by atoms with Crippen molar-refractivity contribution in [3.8, 4) is 10.4 Å². The van der Waals surface area contributed by atoms with Crippen LogP contribution < -0.4 is 5.32 Å². The number of likely N-dealkylation sites (N-methyl/N-ethyl adjacent to an activating group) is 1. The van der Waals surface area contributed by atoms with Crippen molar-refractivity contribution in [3.63, 3.8) is 0 Å². The van der Waals surface area contributed by atoms with Crippen molar-refractivity contribution in [1.29, 1.82) is 0 Å². The molecule has 0 unspecified atom stereocenters. The summed E-state index contributed by atoms with van der Waals surface area (Å²) in [6.07, 6.45) is 0. The van der Waals surface area contributed by atoms with E-state index >= 15 is 0 Å². The summed E-state index contributed by atoms with van der Waals surface area (Å²) in [7, 11) is -2.24. The molecule has 2 heterocycles. The van der Waals surface area contributed by atoms with Gasteiger partial charge in [0.15, 0.2) is 0 Å². The lowest BCUT2D eigenvalue weighted by molar-refractivity contribution is -0.116. The van der Waals surface area contributed by atoms with Gasteiger partial charge in [0.05, 0.1) is 6.54 Å². The molecule has 5 nitrogen and oxygen atoms in total. The molecule has 0 aliphatic rings. The van der Waals surface area contributed by atoms with Crippen LogP contribution in [0, 0.1) is 0 Å². The summed E-state index contributed by atoms with van der Waals surface area (Å²) >= 11 is 2.71. The van der Waals surface area contributed by atoms with E-state index in [1.807, 2.05) is 35.7 Å². The van der Waals surface area contributed by atoms with Gasteiger partial charge in [-0.25, -0.2) is 8.42 Å². The highest BCUT2D eigenvalue weighted by Gasteiger charge is 2.24. The number of nitrogens with zero attached hydrogens (tertiary/aromatic N) is 1. The van der Waals surface area contributed by atoms with Gasteiger partial charge < -0.3 is 5.32 Å². The Labute approximate surface area is 154 Å². The SMILES string of the molecule is CN(CC(=O)Nc1ccccc1-c1cccs1)S(=O)(=O)c1cccs1. The van der Waals surface area contributed by atoms with Crippen LogP contribution in [-0.4, -0.2) is 32.2 Å². The van der Waals surface area contributed by atoms with E-state index in [0.29, 0.717) is 5.69 Å². The van der Waals surface area contributed by atoms with Gasteiger partial charge >= 0.3 is 0 Å². The van der Waals surface area contributed by atoms with Crippen LogP contribution in [0.5, 0.6) is 0 Å². The average Bonchev–Trinajstić information content (AvgIpc) is 3.29. The number of carbonyl (C=O) groups excluding carboxylic acids is 1. The molecule has 0 saturated carbocycles. The van der Waals surface area contributed by atoms with E-state index in [4.69, 9.17) is 0 Å². The highest BCUT2D eigenvalue weighted by Crippen LogP contribution is 2.31. The van der Waals surface area contributed by atoms with Crippen molar-refractivity contribution >= 4 is 44.3 Å². The smallest absolute Gasteiger partial charge is 0.252 e. The average molecular weight is 393 g/mol. The number of rotatable bonds is 6. The molecule has 1 aromatic carbocycles. The van der Waals surface area contributed by atoms with Crippen LogP contribution in [0.4, 0.5) is 5.69 Å². The number of para-hydroxylation sites is 1. The third-order valence-electron chi connectivity index (χ3n) is 3.51. The quantitative estimate of drug-likeness (QED) is 0.695. The summed E-state index contributed by atoms with van der Waals surface area (Å²) in [6.45, 7) is -0.251. The van der Waals surface area contributed by atoms with E-state index in [1.54, 1.807) is 28.8 Å². The molecule has 0 bridgehead atoms. The van der Waals surface area contributed by atoms with Crippen LogP contribution in [0.3, 0.4) is 0 Å². The van der Waals surface area contributed by atoms with Gasteiger partial charge in [0.2, 0.25) is 5.91 Å². The minimum absolute atomic E-state index is 0.224. The van der Waals surface area contributed by atoms with Crippen LogP contribution in [0.25, 0.3) is 10.4 Å². The minimum atomic E-state index is -3.64. The normalized spacial score (nSPS) is 11.6. The Kier molecular flexibility index (Phi) is 5.33. The molecule has 2 aromatic heterocycles. The van der Waals surface area contributed by atoms with Gasteiger partial charge in [0, 0.05) is 23.2 Å². The highest BCUT2D eigenvalue weighted by atomic mass is 32.2. The van der Waals surface area contributed by atoms with Gasteiger partial charge in [0.25, 0.3) is 10.0 Å². The molecular weight excluding hydrogens is 376 g/mol. The van der Waals surface area contributed by atoms with Gasteiger partial charge in [-0.3, -0.25) is 4.79 Å². The van der Waals surface area contributed by atoms with Gasteiger partial charge in [-0.1, -0.05) is 30.3 Å². The predicted molar refractivity (Wildman–Crippen MR) is 103 cm³/mol. The Morgan fingerprint density at radius 2 is 1.76 bits per heavy atom. The molecule has 130 valence electrons. The molecule has 0 saturated heterocycles. The maximum absolute atomic E-state index is 12.4. The summed E-state index contributed by atoms with van der Waals surface area (Å²) < 4.78 is 26.1. The fraction of sp³-hybridized carbons (Fsp3) is 0.118. The second kappa shape index (κ2) is 7.49. The molecule has 1 N–H and O–H groups in total. The number of hydrogen-bond acceptors (Lipinski definition) is 5. The van der Waals surface area contributed by atoms with Gasteiger partial charge in [-0.15, -0.1) is 22.7 Å². The lowest BCUT2D eigenvalue weighted by Gasteiger charge is -2.16. The number of amides is 1. The van der Waals surface area contributed by atoms with Crippen molar-refractivity contribution in [2.45, 2.75) is 4.21 Å². The maximum atomic E-state index is 12.4. The second-order valence-electron chi connectivity index (χ2n) is 5.26. The summed E-state index contributed by atoms with van der Waals surface area (Å²) in [5, 5.41) is 6.47. The lowest BCUT2D eigenvalue weighted by atomic mass is 10.1. The topological polar surface area (TPSA) is 66.5 Å². The summed E-state index contributed by atoms with van der Waals surface area (Å²) in [4.78, 5) is 13.4. The molecule has 3 aromatic rings. The standard InChI is InChI=1S/C17H16N2O3S3/c1-19(25(21,22)17-9-5-11-24-17)12-16(20)18-14-7-3-2-6-13(14)15-8-4-10-23-15/h2-11H,12H2,1H3,(H,18,20). The summed E-state index contributed by atoms with van der Waals surface area (Å²) in [5.74, 6) is -0.383. The van der Waals surface area contributed by atoms with Gasteiger partial charge in [-0.05, 0) is 29.0 Å². The first kappa shape index (κ1) is 17.8.